The van der Waals surface area contributed by atoms with E-state index in [0.717, 1.165) is 43.0 Å². The fourth-order valence-corrected chi connectivity index (χ4v) is 2.09. The number of ether oxygens (including phenoxy) is 1. The molecule has 0 spiro atoms. The highest BCUT2D eigenvalue weighted by Crippen LogP contribution is 2.24. The van der Waals surface area contributed by atoms with Gasteiger partial charge in [0.25, 0.3) is 0 Å². The van der Waals surface area contributed by atoms with Crippen molar-refractivity contribution in [2.45, 2.75) is 0 Å². The summed E-state index contributed by atoms with van der Waals surface area (Å²) in [6.07, 6.45) is 3.28. The summed E-state index contributed by atoms with van der Waals surface area (Å²) in [5.41, 5.74) is 0.821. The Morgan fingerprint density at radius 3 is 2.82 bits per heavy atom. The molecule has 5 nitrogen and oxygen atoms in total. The number of aromatic nitrogens is 3. The first-order valence-electron chi connectivity index (χ1n) is 5.43. The largest absolute Gasteiger partial charge is 0.378 e. The second-order valence-corrected chi connectivity index (χ2v) is 4.21. The van der Waals surface area contributed by atoms with Crippen LogP contribution in [0.2, 0.25) is 5.15 Å². The molecule has 0 unspecified atom stereocenters. The van der Waals surface area contributed by atoms with Gasteiger partial charge in [-0.1, -0.05) is 11.6 Å². The molecule has 0 radical (unpaired) electrons. The van der Waals surface area contributed by atoms with Gasteiger partial charge in [-0.2, -0.15) is 0 Å². The molecule has 2 aromatic rings. The summed E-state index contributed by atoms with van der Waals surface area (Å²) in [6, 6.07) is 1.75. The van der Waals surface area contributed by atoms with Gasteiger partial charge in [0.1, 0.15) is 17.3 Å². The molecule has 88 valence electrons. The number of pyridine rings is 1. The monoisotopic (exact) mass is 250 g/mol. The third-order valence-electron chi connectivity index (χ3n) is 2.78. The molecule has 0 bridgehead atoms. The Morgan fingerprint density at radius 1 is 1.18 bits per heavy atom. The van der Waals surface area contributed by atoms with Crippen molar-refractivity contribution in [3.63, 3.8) is 0 Å². The van der Waals surface area contributed by atoms with Crippen molar-refractivity contribution in [1.82, 2.24) is 15.0 Å². The zero-order chi connectivity index (χ0) is 11.7. The quantitative estimate of drug-likeness (QED) is 0.718. The first-order valence-corrected chi connectivity index (χ1v) is 5.81. The normalized spacial score (nSPS) is 16.4. The Hall–Kier alpha value is -1.46. The Kier molecular flexibility index (Phi) is 2.78. The Bertz CT molecular complexity index is 542. The molecule has 3 rings (SSSR count). The molecule has 0 aromatic carbocycles. The molecule has 1 aliphatic heterocycles. The topological polar surface area (TPSA) is 51.1 Å². The summed E-state index contributed by atoms with van der Waals surface area (Å²) >= 11 is 5.85. The minimum absolute atomic E-state index is 0.448. The lowest BCUT2D eigenvalue weighted by Gasteiger charge is -2.28. The molecule has 1 fully saturated rings. The van der Waals surface area contributed by atoms with Gasteiger partial charge in [0.05, 0.1) is 24.1 Å². The second kappa shape index (κ2) is 4.43. The summed E-state index contributed by atoms with van der Waals surface area (Å²) in [7, 11) is 0. The Morgan fingerprint density at radius 2 is 2.00 bits per heavy atom. The van der Waals surface area contributed by atoms with Crippen LogP contribution >= 0.6 is 11.6 Å². The molecule has 0 N–H and O–H groups in total. The van der Waals surface area contributed by atoms with Crippen LogP contribution in [0.5, 0.6) is 0 Å². The SMILES string of the molecule is Clc1cc2ncnc(N3CCOCC3)c2cn1. The smallest absolute Gasteiger partial charge is 0.141 e. The minimum Gasteiger partial charge on any atom is -0.378 e. The maximum atomic E-state index is 5.85. The van der Waals surface area contributed by atoms with E-state index in [-0.39, 0.29) is 0 Å². The number of morpholine rings is 1. The van der Waals surface area contributed by atoms with E-state index in [0.29, 0.717) is 5.15 Å². The Balaban J connectivity index is 2.09. The third-order valence-corrected chi connectivity index (χ3v) is 2.98. The van der Waals surface area contributed by atoms with Crippen LogP contribution in [0.25, 0.3) is 10.9 Å². The van der Waals surface area contributed by atoms with Gasteiger partial charge in [0, 0.05) is 25.4 Å². The third kappa shape index (κ3) is 2.03. The van der Waals surface area contributed by atoms with E-state index in [4.69, 9.17) is 16.3 Å². The summed E-state index contributed by atoms with van der Waals surface area (Å²) in [4.78, 5) is 14.8. The predicted molar refractivity (Wildman–Crippen MR) is 65.4 cm³/mol. The first kappa shape index (κ1) is 10.7. The Labute approximate surface area is 103 Å². The van der Waals surface area contributed by atoms with Crippen molar-refractivity contribution in [2.24, 2.45) is 0 Å². The van der Waals surface area contributed by atoms with E-state index in [1.807, 2.05) is 0 Å². The van der Waals surface area contributed by atoms with E-state index >= 15 is 0 Å². The zero-order valence-corrected chi connectivity index (χ0v) is 9.89. The fourth-order valence-electron chi connectivity index (χ4n) is 1.94. The van der Waals surface area contributed by atoms with Crippen molar-refractivity contribution in [2.75, 3.05) is 31.2 Å². The number of anilines is 1. The number of fused-ring (bicyclic) bond motifs is 1. The molecule has 3 heterocycles. The van der Waals surface area contributed by atoms with Gasteiger partial charge < -0.3 is 9.64 Å². The maximum absolute atomic E-state index is 5.85. The van der Waals surface area contributed by atoms with Crippen LogP contribution in [0.15, 0.2) is 18.6 Å². The summed E-state index contributed by atoms with van der Waals surface area (Å²) < 4.78 is 5.33. The highest BCUT2D eigenvalue weighted by molar-refractivity contribution is 6.30. The molecule has 0 aliphatic carbocycles. The van der Waals surface area contributed by atoms with Crippen molar-refractivity contribution in [3.05, 3.63) is 23.7 Å². The summed E-state index contributed by atoms with van der Waals surface area (Å²) in [5, 5.41) is 1.38. The van der Waals surface area contributed by atoms with Crippen molar-refractivity contribution in [1.29, 1.82) is 0 Å². The molecule has 17 heavy (non-hydrogen) atoms. The van der Waals surface area contributed by atoms with Gasteiger partial charge >= 0.3 is 0 Å². The van der Waals surface area contributed by atoms with Crippen LogP contribution < -0.4 is 4.90 Å². The average Bonchev–Trinajstić information content (AvgIpc) is 2.39. The van der Waals surface area contributed by atoms with E-state index < -0.39 is 0 Å². The first-order chi connectivity index (χ1) is 8.34. The second-order valence-electron chi connectivity index (χ2n) is 3.82. The lowest BCUT2D eigenvalue weighted by atomic mass is 10.2. The van der Waals surface area contributed by atoms with Gasteiger partial charge in [-0.15, -0.1) is 0 Å². The van der Waals surface area contributed by atoms with Crippen LogP contribution in [-0.4, -0.2) is 41.3 Å². The van der Waals surface area contributed by atoms with E-state index in [9.17, 15) is 0 Å². The highest BCUT2D eigenvalue weighted by Gasteiger charge is 2.15. The van der Waals surface area contributed by atoms with Crippen LogP contribution in [0.1, 0.15) is 0 Å². The number of hydrogen-bond donors (Lipinski definition) is 0. The summed E-state index contributed by atoms with van der Waals surface area (Å²) in [6.45, 7) is 3.14. The predicted octanol–water partition coefficient (Wildman–Crippen LogP) is 1.51. The molecule has 0 amide bonds. The van der Waals surface area contributed by atoms with E-state index in [1.165, 1.54) is 0 Å². The summed E-state index contributed by atoms with van der Waals surface area (Å²) in [5.74, 6) is 0.905. The maximum Gasteiger partial charge on any atom is 0.141 e. The minimum atomic E-state index is 0.448. The number of nitrogens with zero attached hydrogens (tertiary/aromatic N) is 4. The highest BCUT2D eigenvalue weighted by atomic mass is 35.5. The lowest BCUT2D eigenvalue weighted by molar-refractivity contribution is 0.122. The van der Waals surface area contributed by atoms with Gasteiger partial charge in [-0.25, -0.2) is 15.0 Å². The van der Waals surface area contributed by atoms with Crippen LogP contribution in [0, 0.1) is 0 Å². The molecule has 6 heteroatoms. The van der Waals surface area contributed by atoms with Crippen molar-refractivity contribution >= 4 is 28.3 Å². The standard InChI is InChI=1S/C11H11ClN4O/c12-10-5-9-8(6-13-10)11(15-7-14-9)16-1-3-17-4-2-16/h5-7H,1-4H2. The number of rotatable bonds is 1. The van der Waals surface area contributed by atoms with Gasteiger partial charge in [0.2, 0.25) is 0 Å². The lowest BCUT2D eigenvalue weighted by Crippen LogP contribution is -2.36. The van der Waals surface area contributed by atoms with Gasteiger partial charge in [-0.05, 0) is 0 Å². The van der Waals surface area contributed by atoms with Crippen LogP contribution in [0.4, 0.5) is 5.82 Å². The van der Waals surface area contributed by atoms with Crippen molar-refractivity contribution in [3.8, 4) is 0 Å². The zero-order valence-electron chi connectivity index (χ0n) is 9.14. The van der Waals surface area contributed by atoms with Crippen LogP contribution in [0.3, 0.4) is 0 Å². The number of hydrogen-bond acceptors (Lipinski definition) is 5. The molecule has 1 saturated heterocycles. The molecule has 0 atom stereocenters. The van der Waals surface area contributed by atoms with Crippen LogP contribution in [-0.2, 0) is 4.74 Å². The molecule has 2 aromatic heterocycles. The number of halogens is 1. The van der Waals surface area contributed by atoms with Gasteiger partial charge in [-0.3, -0.25) is 0 Å². The molecule has 0 saturated carbocycles. The average molecular weight is 251 g/mol. The van der Waals surface area contributed by atoms with Crippen molar-refractivity contribution < 1.29 is 4.74 Å². The molecular formula is C11H11ClN4O. The molecular weight excluding hydrogens is 240 g/mol. The molecule has 1 aliphatic rings. The van der Waals surface area contributed by atoms with E-state index in [1.54, 1.807) is 18.6 Å². The fraction of sp³-hybridized carbons (Fsp3) is 0.364. The van der Waals surface area contributed by atoms with Gasteiger partial charge in [0.15, 0.2) is 0 Å². The van der Waals surface area contributed by atoms with E-state index in [2.05, 4.69) is 19.9 Å².